The summed E-state index contributed by atoms with van der Waals surface area (Å²) in [4.78, 5) is 12.5. The number of carbonyl (C=O) groups is 1. The molecule has 0 aliphatic carbocycles. The van der Waals surface area contributed by atoms with Crippen molar-refractivity contribution in [3.05, 3.63) is 35.9 Å². The zero-order chi connectivity index (χ0) is 19.3. The second-order valence-electron chi connectivity index (χ2n) is 7.81. The first-order chi connectivity index (χ1) is 13.0. The van der Waals surface area contributed by atoms with E-state index in [-0.39, 0.29) is 11.8 Å². The monoisotopic (exact) mass is 393 g/mol. The van der Waals surface area contributed by atoms with Gasteiger partial charge in [0.2, 0.25) is 5.91 Å². The predicted molar refractivity (Wildman–Crippen MR) is 106 cm³/mol. The Morgan fingerprint density at radius 1 is 1.07 bits per heavy atom. The van der Waals surface area contributed by atoms with Gasteiger partial charge in [0.05, 0.1) is 5.92 Å². The fourth-order valence-corrected chi connectivity index (χ4v) is 5.59. The quantitative estimate of drug-likeness (QED) is 0.804. The minimum Gasteiger partial charge on any atom is -0.355 e. The first-order valence-electron chi connectivity index (χ1n) is 10.0. The van der Waals surface area contributed by atoms with Gasteiger partial charge in [-0.1, -0.05) is 37.3 Å². The van der Waals surface area contributed by atoms with Crippen LogP contribution in [0.1, 0.15) is 38.2 Å². The number of hydrogen-bond donors (Lipinski definition) is 1. The van der Waals surface area contributed by atoms with Crippen LogP contribution in [-0.2, 0) is 21.4 Å². The summed E-state index contributed by atoms with van der Waals surface area (Å²) in [5.41, 5.74) is 1.19. The third-order valence-corrected chi connectivity index (χ3v) is 7.71. The van der Waals surface area contributed by atoms with Crippen LogP contribution < -0.4 is 5.32 Å². The second-order valence-corrected chi connectivity index (χ2v) is 9.74. The lowest BCUT2D eigenvalue weighted by atomic mass is 9.99. The molecule has 1 amide bonds. The van der Waals surface area contributed by atoms with Gasteiger partial charge in [0.1, 0.15) is 0 Å². The molecule has 6 nitrogen and oxygen atoms in total. The highest BCUT2D eigenvalue weighted by molar-refractivity contribution is 7.86. The average Bonchev–Trinajstić information content (AvgIpc) is 2.69. The van der Waals surface area contributed by atoms with Crippen LogP contribution in [0.2, 0.25) is 0 Å². The first kappa shape index (κ1) is 20.3. The van der Waals surface area contributed by atoms with Crippen molar-refractivity contribution in [1.29, 1.82) is 0 Å². The van der Waals surface area contributed by atoms with E-state index in [0.29, 0.717) is 38.6 Å². The lowest BCUT2D eigenvalue weighted by Crippen LogP contribution is -2.52. The normalized spacial score (nSPS) is 23.2. The van der Waals surface area contributed by atoms with Crippen molar-refractivity contribution in [3.63, 3.8) is 0 Å². The maximum atomic E-state index is 12.9. The predicted octanol–water partition coefficient (Wildman–Crippen LogP) is 2.03. The lowest BCUT2D eigenvalue weighted by Gasteiger charge is -2.37. The minimum absolute atomic E-state index is 0.0295. The van der Waals surface area contributed by atoms with Crippen LogP contribution in [0.25, 0.3) is 0 Å². The van der Waals surface area contributed by atoms with E-state index in [0.717, 1.165) is 32.1 Å². The molecule has 3 rings (SSSR count). The molecule has 2 aliphatic heterocycles. The van der Waals surface area contributed by atoms with Crippen LogP contribution in [0.15, 0.2) is 30.3 Å². The number of piperidine rings is 2. The highest BCUT2D eigenvalue weighted by Crippen LogP contribution is 2.25. The van der Waals surface area contributed by atoms with E-state index in [1.54, 1.807) is 4.31 Å². The molecule has 0 saturated carbocycles. The van der Waals surface area contributed by atoms with Gasteiger partial charge in [0.15, 0.2) is 0 Å². The van der Waals surface area contributed by atoms with E-state index >= 15 is 0 Å². The molecule has 7 heteroatoms. The van der Waals surface area contributed by atoms with E-state index in [2.05, 4.69) is 12.2 Å². The number of hydrogen-bond acceptors (Lipinski definition) is 3. The van der Waals surface area contributed by atoms with Gasteiger partial charge in [-0.05, 0) is 43.6 Å². The van der Waals surface area contributed by atoms with Crippen LogP contribution in [0, 0.1) is 11.8 Å². The van der Waals surface area contributed by atoms with Gasteiger partial charge in [0, 0.05) is 32.7 Å². The minimum atomic E-state index is -3.45. The van der Waals surface area contributed by atoms with Gasteiger partial charge in [-0.3, -0.25) is 4.79 Å². The molecule has 2 saturated heterocycles. The van der Waals surface area contributed by atoms with Gasteiger partial charge in [-0.2, -0.15) is 17.0 Å². The Labute approximate surface area is 163 Å². The van der Waals surface area contributed by atoms with Crippen molar-refractivity contribution >= 4 is 16.1 Å². The molecule has 27 heavy (non-hydrogen) atoms. The van der Waals surface area contributed by atoms with Crippen molar-refractivity contribution in [1.82, 2.24) is 13.9 Å². The number of amides is 1. The molecule has 0 bridgehead atoms. The molecule has 0 spiro atoms. The third kappa shape index (κ3) is 5.30. The molecular weight excluding hydrogens is 362 g/mol. The van der Waals surface area contributed by atoms with Crippen molar-refractivity contribution in [3.8, 4) is 0 Å². The Kier molecular flexibility index (Phi) is 6.89. The van der Waals surface area contributed by atoms with E-state index in [1.165, 1.54) is 9.87 Å². The molecule has 0 radical (unpaired) electrons. The van der Waals surface area contributed by atoms with Crippen molar-refractivity contribution in [2.75, 3.05) is 32.7 Å². The largest absolute Gasteiger partial charge is 0.355 e. The van der Waals surface area contributed by atoms with Crippen LogP contribution in [0.3, 0.4) is 0 Å². The molecule has 1 unspecified atom stereocenters. The van der Waals surface area contributed by atoms with Crippen LogP contribution in [0.4, 0.5) is 0 Å². The molecule has 2 fully saturated rings. The molecule has 2 heterocycles. The summed E-state index contributed by atoms with van der Waals surface area (Å²) in [5.74, 6) is 0.298. The van der Waals surface area contributed by atoms with Crippen LogP contribution >= 0.6 is 0 Å². The molecular formula is C20H31N3O3S. The molecule has 0 aromatic heterocycles. The van der Waals surface area contributed by atoms with Gasteiger partial charge < -0.3 is 5.32 Å². The van der Waals surface area contributed by atoms with E-state index < -0.39 is 10.2 Å². The number of carbonyl (C=O) groups excluding carboxylic acids is 1. The summed E-state index contributed by atoms with van der Waals surface area (Å²) in [6.45, 7) is 4.74. The Morgan fingerprint density at radius 2 is 1.78 bits per heavy atom. The Morgan fingerprint density at radius 3 is 2.48 bits per heavy atom. The summed E-state index contributed by atoms with van der Waals surface area (Å²) in [6.07, 6.45) is 4.10. The molecule has 1 aromatic rings. The van der Waals surface area contributed by atoms with Crippen LogP contribution in [-0.4, -0.2) is 55.7 Å². The zero-order valence-corrected chi connectivity index (χ0v) is 17.0. The van der Waals surface area contributed by atoms with E-state index in [9.17, 15) is 13.2 Å². The van der Waals surface area contributed by atoms with Crippen molar-refractivity contribution in [2.45, 2.75) is 39.0 Å². The highest BCUT2D eigenvalue weighted by Gasteiger charge is 2.36. The Balaban J connectivity index is 1.51. The van der Waals surface area contributed by atoms with Crippen molar-refractivity contribution in [2.24, 2.45) is 11.8 Å². The fraction of sp³-hybridized carbons (Fsp3) is 0.650. The maximum Gasteiger partial charge on any atom is 0.281 e. The standard InChI is InChI=1S/C20H31N3O3S/c1-17-10-14-22(15-11-17)27(25,26)23-13-5-8-19(16-23)20(24)21-12-9-18-6-3-2-4-7-18/h2-4,6-7,17,19H,5,8-16H2,1H3,(H,21,24). The summed E-state index contributed by atoms with van der Waals surface area (Å²) < 4.78 is 29.0. The zero-order valence-electron chi connectivity index (χ0n) is 16.1. The van der Waals surface area contributed by atoms with Crippen LogP contribution in [0.5, 0.6) is 0 Å². The molecule has 150 valence electrons. The molecule has 1 aromatic carbocycles. The smallest absolute Gasteiger partial charge is 0.281 e. The summed E-state index contributed by atoms with van der Waals surface area (Å²) in [7, 11) is -3.45. The third-order valence-electron chi connectivity index (χ3n) is 5.71. The molecule has 1 N–H and O–H groups in total. The Bertz CT molecular complexity index is 715. The first-order valence-corrected chi connectivity index (χ1v) is 11.4. The number of nitrogens with zero attached hydrogens (tertiary/aromatic N) is 2. The SMILES string of the molecule is CC1CCN(S(=O)(=O)N2CCCC(C(=O)NCCc3ccccc3)C2)CC1. The summed E-state index contributed by atoms with van der Waals surface area (Å²) in [6, 6.07) is 10.0. The summed E-state index contributed by atoms with van der Waals surface area (Å²) in [5, 5.41) is 2.98. The van der Waals surface area contributed by atoms with Gasteiger partial charge in [-0.15, -0.1) is 0 Å². The second kappa shape index (κ2) is 9.17. The van der Waals surface area contributed by atoms with Gasteiger partial charge in [-0.25, -0.2) is 0 Å². The number of rotatable bonds is 6. The van der Waals surface area contributed by atoms with E-state index in [4.69, 9.17) is 0 Å². The van der Waals surface area contributed by atoms with Gasteiger partial charge in [0.25, 0.3) is 10.2 Å². The molecule has 2 aliphatic rings. The number of benzene rings is 1. The summed E-state index contributed by atoms with van der Waals surface area (Å²) >= 11 is 0. The van der Waals surface area contributed by atoms with E-state index in [1.807, 2.05) is 30.3 Å². The lowest BCUT2D eigenvalue weighted by molar-refractivity contribution is -0.126. The number of nitrogens with one attached hydrogen (secondary N) is 1. The Hall–Kier alpha value is -1.44. The molecule has 1 atom stereocenters. The topological polar surface area (TPSA) is 69.7 Å². The average molecular weight is 394 g/mol. The van der Waals surface area contributed by atoms with Crippen molar-refractivity contribution < 1.29 is 13.2 Å². The van der Waals surface area contributed by atoms with Gasteiger partial charge >= 0.3 is 0 Å². The highest BCUT2D eigenvalue weighted by atomic mass is 32.2. The fourth-order valence-electron chi connectivity index (χ4n) is 3.86. The maximum absolute atomic E-state index is 12.9.